The van der Waals surface area contributed by atoms with Crippen LogP contribution in [0.4, 0.5) is 5.69 Å². The highest BCUT2D eigenvalue weighted by atomic mass is 79.9. The van der Waals surface area contributed by atoms with E-state index in [1.807, 2.05) is 0 Å². The molecular weight excluding hydrogens is 278 g/mol. The molecule has 1 aromatic rings. The van der Waals surface area contributed by atoms with Crippen molar-refractivity contribution in [2.45, 2.75) is 19.5 Å². The van der Waals surface area contributed by atoms with E-state index in [9.17, 15) is 4.79 Å². The van der Waals surface area contributed by atoms with Crippen molar-refractivity contribution in [3.8, 4) is 0 Å². The molecule has 0 fully saturated rings. The lowest BCUT2D eigenvalue weighted by atomic mass is 10.3. The minimum absolute atomic E-state index is 0.0356. The molecular formula is C9H14BrN3O3. The van der Waals surface area contributed by atoms with Crippen molar-refractivity contribution >= 4 is 21.6 Å². The Kier molecular flexibility index (Phi) is 4.91. The van der Waals surface area contributed by atoms with Gasteiger partial charge in [0, 0.05) is 6.04 Å². The van der Waals surface area contributed by atoms with Gasteiger partial charge in [-0.15, -0.1) is 0 Å². The van der Waals surface area contributed by atoms with Gasteiger partial charge in [-0.2, -0.15) is 5.10 Å². The van der Waals surface area contributed by atoms with E-state index in [2.05, 4.69) is 26.3 Å². The van der Waals surface area contributed by atoms with E-state index in [0.29, 0.717) is 10.2 Å². The van der Waals surface area contributed by atoms with Crippen LogP contribution in [0.3, 0.4) is 0 Å². The molecule has 0 aliphatic rings. The lowest BCUT2D eigenvalue weighted by Crippen LogP contribution is -2.28. The average Bonchev–Trinajstić information content (AvgIpc) is 2.28. The Bertz CT molecular complexity index is 407. The maximum Gasteiger partial charge on any atom is 0.283 e. The number of aliphatic hydroxyl groups excluding tert-OH is 2. The number of aromatic nitrogens is 2. The van der Waals surface area contributed by atoms with Gasteiger partial charge >= 0.3 is 0 Å². The van der Waals surface area contributed by atoms with Gasteiger partial charge in [0.1, 0.15) is 4.47 Å². The predicted octanol–water partition coefficient (Wildman–Crippen LogP) is -0.209. The first kappa shape index (κ1) is 13.1. The molecule has 0 amide bonds. The summed E-state index contributed by atoms with van der Waals surface area (Å²) in [6, 6.07) is -0.161. The van der Waals surface area contributed by atoms with Gasteiger partial charge in [-0.05, 0) is 22.9 Å². The third kappa shape index (κ3) is 3.03. The fraction of sp³-hybridized carbons (Fsp3) is 0.556. The highest BCUT2D eigenvalue weighted by Gasteiger charge is 2.10. The van der Waals surface area contributed by atoms with E-state index < -0.39 is 0 Å². The fourth-order valence-electron chi connectivity index (χ4n) is 1.13. The first-order chi connectivity index (χ1) is 7.60. The number of hydrogen-bond donors (Lipinski definition) is 3. The SMILES string of the molecule is CC(CO)Nc1cnn(CCO)c(=O)c1Br. The van der Waals surface area contributed by atoms with E-state index in [1.165, 1.54) is 10.9 Å². The molecule has 3 N–H and O–H groups in total. The standard InChI is InChI=1S/C9H14BrN3O3/c1-6(5-15)12-7-4-11-13(2-3-14)9(16)8(7)10/h4,6,12,14-15H,2-3,5H2,1H3. The Hall–Kier alpha value is -0.920. The lowest BCUT2D eigenvalue weighted by molar-refractivity contribution is 0.266. The van der Waals surface area contributed by atoms with Gasteiger partial charge in [-0.1, -0.05) is 0 Å². The summed E-state index contributed by atoms with van der Waals surface area (Å²) in [4.78, 5) is 11.7. The van der Waals surface area contributed by atoms with Crippen LogP contribution in [-0.4, -0.2) is 39.2 Å². The summed E-state index contributed by atoms with van der Waals surface area (Å²) in [5.74, 6) is 0. The van der Waals surface area contributed by atoms with Crippen molar-refractivity contribution in [1.29, 1.82) is 0 Å². The summed E-state index contributed by atoms with van der Waals surface area (Å²) >= 11 is 3.16. The molecule has 0 bridgehead atoms. The number of rotatable bonds is 5. The third-order valence-electron chi connectivity index (χ3n) is 1.97. The molecule has 90 valence electrons. The monoisotopic (exact) mass is 291 g/mol. The van der Waals surface area contributed by atoms with Gasteiger partial charge < -0.3 is 15.5 Å². The summed E-state index contributed by atoms with van der Waals surface area (Å²) < 4.78 is 1.51. The Labute approximate surface area is 101 Å². The van der Waals surface area contributed by atoms with Crippen LogP contribution >= 0.6 is 15.9 Å². The normalized spacial score (nSPS) is 12.5. The minimum atomic E-state index is -0.316. The van der Waals surface area contributed by atoms with Gasteiger partial charge in [0.2, 0.25) is 0 Å². The maximum atomic E-state index is 11.7. The molecule has 0 radical (unpaired) electrons. The molecule has 1 atom stereocenters. The van der Waals surface area contributed by atoms with Crippen LogP contribution in [0.1, 0.15) is 6.92 Å². The van der Waals surface area contributed by atoms with Gasteiger partial charge in [-0.25, -0.2) is 4.68 Å². The Morgan fingerprint density at radius 1 is 1.62 bits per heavy atom. The van der Waals surface area contributed by atoms with E-state index in [0.717, 1.165) is 0 Å². The number of halogens is 1. The molecule has 0 saturated heterocycles. The van der Waals surface area contributed by atoms with Gasteiger partial charge in [0.25, 0.3) is 5.56 Å². The Balaban J connectivity index is 2.98. The van der Waals surface area contributed by atoms with Crippen molar-refractivity contribution < 1.29 is 10.2 Å². The van der Waals surface area contributed by atoms with Crippen molar-refractivity contribution in [3.63, 3.8) is 0 Å². The fourth-order valence-corrected chi connectivity index (χ4v) is 1.55. The van der Waals surface area contributed by atoms with Crippen molar-refractivity contribution in [1.82, 2.24) is 9.78 Å². The van der Waals surface area contributed by atoms with Crippen LogP contribution < -0.4 is 10.9 Å². The summed E-state index contributed by atoms with van der Waals surface area (Å²) in [5.41, 5.74) is 0.213. The highest BCUT2D eigenvalue weighted by molar-refractivity contribution is 9.10. The Morgan fingerprint density at radius 3 is 2.88 bits per heavy atom. The van der Waals surface area contributed by atoms with Gasteiger partial charge in [0.15, 0.2) is 0 Å². The second-order valence-electron chi connectivity index (χ2n) is 3.35. The summed E-state index contributed by atoms with van der Waals surface area (Å²) in [7, 11) is 0. The lowest BCUT2D eigenvalue weighted by Gasteiger charge is -2.13. The molecule has 6 nitrogen and oxygen atoms in total. The third-order valence-corrected chi connectivity index (χ3v) is 2.74. The van der Waals surface area contributed by atoms with Crippen LogP contribution in [0, 0.1) is 0 Å². The molecule has 1 aromatic heterocycles. The molecule has 0 aliphatic carbocycles. The smallest absolute Gasteiger partial charge is 0.283 e. The van der Waals surface area contributed by atoms with Gasteiger partial charge in [0.05, 0.1) is 31.6 Å². The molecule has 1 heterocycles. The zero-order valence-corrected chi connectivity index (χ0v) is 10.4. The molecule has 1 rings (SSSR count). The number of nitrogens with one attached hydrogen (secondary N) is 1. The largest absolute Gasteiger partial charge is 0.394 e. The molecule has 7 heteroatoms. The topological polar surface area (TPSA) is 87.4 Å². The van der Waals surface area contributed by atoms with Crippen LogP contribution in [0.25, 0.3) is 0 Å². The number of nitrogens with zero attached hydrogens (tertiary/aromatic N) is 2. The van der Waals surface area contributed by atoms with Crippen molar-refractivity contribution in [3.05, 3.63) is 21.0 Å². The van der Waals surface area contributed by atoms with E-state index in [1.54, 1.807) is 6.92 Å². The molecule has 0 aliphatic heterocycles. The van der Waals surface area contributed by atoms with E-state index >= 15 is 0 Å². The van der Waals surface area contributed by atoms with Crippen LogP contribution in [0.5, 0.6) is 0 Å². The van der Waals surface area contributed by atoms with E-state index in [4.69, 9.17) is 10.2 Å². The number of hydrogen-bond acceptors (Lipinski definition) is 5. The molecule has 1 unspecified atom stereocenters. The Morgan fingerprint density at radius 2 is 2.31 bits per heavy atom. The predicted molar refractivity (Wildman–Crippen MR) is 63.5 cm³/mol. The maximum absolute atomic E-state index is 11.7. The van der Waals surface area contributed by atoms with Crippen LogP contribution in [0.15, 0.2) is 15.5 Å². The van der Waals surface area contributed by atoms with Crippen LogP contribution in [0.2, 0.25) is 0 Å². The second-order valence-corrected chi connectivity index (χ2v) is 4.15. The number of aliphatic hydroxyl groups is 2. The van der Waals surface area contributed by atoms with Gasteiger partial charge in [-0.3, -0.25) is 4.79 Å². The first-order valence-corrected chi connectivity index (χ1v) is 5.63. The molecule has 0 aromatic carbocycles. The molecule has 0 spiro atoms. The summed E-state index contributed by atoms with van der Waals surface area (Å²) in [6.07, 6.45) is 1.48. The first-order valence-electron chi connectivity index (χ1n) is 4.84. The van der Waals surface area contributed by atoms with E-state index in [-0.39, 0.29) is 31.4 Å². The van der Waals surface area contributed by atoms with Crippen molar-refractivity contribution in [2.75, 3.05) is 18.5 Å². The van der Waals surface area contributed by atoms with Crippen molar-refractivity contribution in [2.24, 2.45) is 0 Å². The second kappa shape index (κ2) is 5.97. The zero-order chi connectivity index (χ0) is 12.1. The quantitative estimate of drug-likeness (QED) is 0.699. The average molecular weight is 292 g/mol. The van der Waals surface area contributed by atoms with Crippen LogP contribution in [-0.2, 0) is 6.54 Å². The minimum Gasteiger partial charge on any atom is -0.394 e. The number of anilines is 1. The zero-order valence-electron chi connectivity index (χ0n) is 8.85. The summed E-state index contributed by atoms with van der Waals surface area (Å²) in [5, 5.41) is 24.4. The summed E-state index contributed by atoms with van der Waals surface area (Å²) in [6.45, 7) is 1.77. The highest BCUT2D eigenvalue weighted by Crippen LogP contribution is 2.16. The molecule has 16 heavy (non-hydrogen) atoms. The molecule has 0 saturated carbocycles.